The van der Waals surface area contributed by atoms with Crippen molar-refractivity contribution in [1.29, 1.82) is 0 Å². The average Bonchev–Trinajstić information content (AvgIpc) is 2.84. The van der Waals surface area contributed by atoms with Crippen LogP contribution in [0, 0.1) is 0 Å². The van der Waals surface area contributed by atoms with Crippen LogP contribution in [0.25, 0.3) is 0 Å². The molecule has 1 heterocycles. The van der Waals surface area contributed by atoms with Crippen LogP contribution < -0.4 is 20.1 Å². The van der Waals surface area contributed by atoms with E-state index in [0.29, 0.717) is 30.7 Å². The van der Waals surface area contributed by atoms with Gasteiger partial charge in [0.05, 0.1) is 24.0 Å². The van der Waals surface area contributed by atoms with Gasteiger partial charge >= 0.3 is 24.2 Å². The number of amides is 2. The van der Waals surface area contributed by atoms with Gasteiger partial charge in [0.1, 0.15) is 0 Å². The summed E-state index contributed by atoms with van der Waals surface area (Å²) in [6.07, 6.45) is -10.3. The minimum Gasteiger partial charge on any atom is -0.504 e. The number of carbonyl (C=O) groups is 2. The summed E-state index contributed by atoms with van der Waals surface area (Å²) in [6, 6.07) is 2.63. The number of phenolic OH excluding ortho intramolecular Hbond substituents is 2. The normalized spacial score (nSPS) is 13.4. The largest absolute Gasteiger partial charge is 0.504 e. The summed E-state index contributed by atoms with van der Waals surface area (Å²) in [6.45, 7) is -0.762. The fourth-order valence-corrected chi connectivity index (χ4v) is 9.79. The van der Waals surface area contributed by atoms with Gasteiger partial charge in [0.15, 0.2) is 23.0 Å². The summed E-state index contributed by atoms with van der Waals surface area (Å²) in [5.41, 5.74) is 0.804. The quantitative estimate of drug-likeness (QED) is 0.217. The molecule has 2 aromatic carbocycles. The number of alkyl halides is 6. The first-order valence-electron chi connectivity index (χ1n) is 10.9. The van der Waals surface area contributed by atoms with Crippen LogP contribution in [0.3, 0.4) is 0 Å². The molecule has 0 unspecified atom stereocenters. The van der Waals surface area contributed by atoms with Crippen LogP contribution in [0.4, 0.5) is 26.3 Å². The smallest absolute Gasteiger partial charge is 0.471 e. The Morgan fingerprint density at radius 1 is 0.700 bits per heavy atom. The Morgan fingerprint density at radius 2 is 1.02 bits per heavy atom. The van der Waals surface area contributed by atoms with E-state index in [2.05, 4.69) is 0 Å². The molecule has 2 aromatic rings. The third-order valence-electron chi connectivity index (χ3n) is 5.20. The van der Waals surface area contributed by atoms with Gasteiger partial charge in [0.2, 0.25) is 0 Å². The number of fused-ring (bicyclic) bond motifs is 2. The van der Waals surface area contributed by atoms with Crippen molar-refractivity contribution in [3.8, 4) is 23.0 Å². The molecular weight excluding hydrogens is 631 g/mol. The van der Waals surface area contributed by atoms with E-state index in [0.717, 1.165) is 43.2 Å². The minimum atomic E-state index is -5.05. The average molecular weight is 651 g/mol. The Kier molecular flexibility index (Phi) is 10.5. The highest BCUT2D eigenvalue weighted by Gasteiger charge is 2.39. The number of aromatic hydroxyl groups is 2. The van der Waals surface area contributed by atoms with Gasteiger partial charge in [-0.2, -0.15) is 26.3 Å². The first-order chi connectivity index (χ1) is 18.7. The summed E-state index contributed by atoms with van der Waals surface area (Å²) < 4.78 is 86.1. The minimum absolute atomic E-state index is 0.0747. The first kappa shape index (κ1) is 32.1. The zero-order valence-electron chi connectivity index (χ0n) is 20.4. The van der Waals surface area contributed by atoms with Crippen molar-refractivity contribution in [3.05, 3.63) is 23.3 Å². The van der Waals surface area contributed by atoms with Crippen LogP contribution in [0.1, 0.15) is 11.1 Å². The predicted molar refractivity (Wildman–Crippen MR) is 138 cm³/mol. The zero-order valence-corrected chi connectivity index (χ0v) is 23.7. The fourth-order valence-electron chi connectivity index (χ4n) is 3.41. The summed E-state index contributed by atoms with van der Waals surface area (Å²) in [7, 11) is 7.06. The molecular formula is C22H20F6N2O6S4. The predicted octanol–water partition coefficient (Wildman–Crippen LogP) is 5.47. The molecule has 0 bridgehead atoms. The van der Waals surface area contributed by atoms with Gasteiger partial charge in [-0.15, -0.1) is 0 Å². The molecule has 4 N–H and O–H groups in total. The van der Waals surface area contributed by atoms with Crippen molar-refractivity contribution in [2.75, 3.05) is 27.3 Å². The molecule has 0 spiro atoms. The molecule has 0 saturated carbocycles. The number of benzene rings is 2. The maximum Gasteiger partial charge on any atom is 0.471 e. The van der Waals surface area contributed by atoms with Gasteiger partial charge in [-0.25, -0.2) is 0 Å². The molecule has 0 saturated heterocycles. The maximum absolute atomic E-state index is 12.6. The van der Waals surface area contributed by atoms with Crippen LogP contribution in [0.2, 0.25) is 0 Å². The number of ether oxygens (including phenoxy) is 2. The Labute approximate surface area is 239 Å². The lowest BCUT2D eigenvalue weighted by Gasteiger charge is -2.24. The van der Waals surface area contributed by atoms with E-state index in [1.54, 1.807) is 10.6 Å². The van der Waals surface area contributed by atoms with Gasteiger partial charge in [-0.3, -0.25) is 9.59 Å². The number of hydrogen-bond donors (Lipinski definition) is 4. The van der Waals surface area contributed by atoms with Crippen LogP contribution >= 0.6 is 43.2 Å². The summed E-state index contributed by atoms with van der Waals surface area (Å²) >= 11 is 0. The van der Waals surface area contributed by atoms with Crippen LogP contribution in [0.5, 0.6) is 23.0 Å². The molecule has 0 atom stereocenters. The highest BCUT2D eigenvalue weighted by molar-refractivity contribution is 8.79. The number of methoxy groups -OCH3 is 2. The third-order valence-corrected chi connectivity index (χ3v) is 10.5. The molecule has 8 nitrogen and oxygen atoms in total. The monoisotopic (exact) mass is 650 g/mol. The number of nitrogens with one attached hydrogen (secondary N) is 2. The van der Waals surface area contributed by atoms with Crippen molar-refractivity contribution in [2.45, 2.75) is 44.8 Å². The van der Waals surface area contributed by atoms with E-state index in [1.807, 2.05) is 0 Å². The third kappa shape index (κ3) is 7.44. The Hall–Kier alpha value is -2.44. The zero-order chi connectivity index (χ0) is 29.8. The molecule has 0 aromatic heterocycles. The second kappa shape index (κ2) is 13.0. The standard InChI is InChI=1S/C22H20F6N2O6S4/c1-35-13-11(31)7-9(3-5-29-19(33)21(23,24)25)15-17(13)39-38-16-10(4-6-30-20(34)22(26,27)28)8-12(32)14(36-2)18(16)40-37-15/h7-8,31-32H,3-6H2,1-2H3,(H,29,33)(H,30,34). The molecule has 1 aliphatic rings. The van der Waals surface area contributed by atoms with Crippen molar-refractivity contribution in [2.24, 2.45) is 0 Å². The Morgan fingerprint density at radius 3 is 1.32 bits per heavy atom. The first-order valence-corrected chi connectivity index (χ1v) is 15.2. The van der Waals surface area contributed by atoms with Gasteiger partial charge in [0, 0.05) is 22.9 Å². The van der Waals surface area contributed by atoms with E-state index in [9.17, 15) is 46.1 Å². The molecule has 18 heteroatoms. The van der Waals surface area contributed by atoms with E-state index in [-0.39, 0.29) is 48.9 Å². The second-order valence-corrected chi connectivity index (χ2v) is 12.1. The lowest BCUT2D eigenvalue weighted by molar-refractivity contribution is -0.173. The highest BCUT2D eigenvalue weighted by atomic mass is 33.1. The molecule has 1 aliphatic heterocycles. The molecule has 0 fully saturated rings. The topological polar surface area (TPSA) is 117 Å². The number of hydrogen-bond acceptors (Lipinski definition) is 10. The SMILES string of the molecule is COc1c(O)cc(CCNC(=O)C(F)(F)F)c2c1SSc1c(CCNC(=O)C(F)(F)F)cc(O)c(OC)c1SS2. The van der Waals surface area contributed by atoms with Crippen molar-refractivity contribution < 1.29 is 55.6 Å². The molecule has 0 radical (unpaired) electrons. The lowest BCUT2D eigenvalue weighted by atomic mass is 10.1. The molecule has 220 valence electrons. The molecule has 40 heavy (non-hydrogen) atoms. The molecule has 3 rings (SSSR count). The number of halogens is 6. The van der Waals surface area contributed by atoms with Crippen molar-refractivity contribution in [1.82, 2.24) is 10.6 Å². The van der Waals surface area contributed by atoms with Gasteiger partial charge in [0.25, 0.3) is 0 Å². The van der Waals surface area contributed by atoms with Crippen LogP contribution in [0.15, 0.2) is 31.7 Å². The maximum atomic E-state index is 12.6. The van der Waals surface area contributed by atoms with Crippen LogP contribution in [-0.4, -0.2) is 61.7 Å². The number of rotatable bonds is 8. The Bertz CT molecular complexity index is 1190. The summed E-state index contributed by atoms with van der Waals surface area (Å²) in [5, 5.41) is 24.6. The van der Waals surface area contributed by atoms with Crippen molar-refractivity contribution in [3.63, 3.8) is 0 Å². The lowest BCUT2D eigenvalue weighted by Crippen LogP contribution is -2.37. The van der Waals surface area contributed by atoms with Gasteiger partial charge in [-0.05, 0) is 57.7 Å². The Balaban J connectivity index is 1.94. The van der Waals surface area contributed by atoms with Crippen LogP contribution in [-0.2, 0) is 22.4 Å². The second-order valence-electron chi connectivity index (χ2n) is 7.83. The van der Waals surface area contributed by atoms with E-state index >= 15 is 0 Å². The molecule has 2 amide bonds. The summed E-state index contributed by atoms with van der Waals surface area (Å²) in [5.74, 6) is -4.64. The van der Waals surface area contributed by atoms with Crippen molar-refractivity contribution >= 4 is 55.0 Å². The van der Waals surface area contributed by atoms with E-state index in [4.69, 9.17) is 9.47 Å². The molecule has 0 aliphatic carbocycles. The van der Waals surface area contributed by atoms with E-state index < -0.39 is 24.2 Å². The number of phenols is 2. The summed E-state index contributed by atoms with van der Waals surface area (Å²) in [4.78, 5) is 24.3. The number of carbonyl (C=O) groups excluding carboxylic acids is 2. The van der Waals surface area contributed by atoms with Gasteiger partial charge < -0.3 is 30.3 Å². The fraction of sp³-hybridized carbons (Fsp3) is 0.364. The van der Waals surface area contributed by atoms with E-state index in [1.165, 1.54) is 26.4 Å². The highest BCUT2D eigenvalue weighted by Crippen LogP contribution is 2.61. The van der Waals surface area contributed by atoms with Gasteiger partial charge in [-0.1, -0.05) is 21.6 Å².